The Morgan fingerprint density at radius 3 is 2.25 bits per heavy atom. The Kier molecular flexibility index (Phi) is 7.06. The number of carbonyl (C=O) groups excluding carboxylic acids is 3. The van der Waals surface area contributed by atoms with E-state index in [1.54, 1.807) is 69.3 Å². The van der Waals surface area contributed by atoms with E-state index in [4.69, 9.17) is 4.74 Å². The highest BCUT2D eigenvalue weighted by atomic mass is 32.1. The average Bonchev–Trinajstić information content (AvgIpc) is 2.59. The lowest BCUT2D eigenvalue weighted by atomic mass is 10.2. The van der Waals surface area contributed by atoms with Crippen LogP contribution in [0.15, 0.2) is 53.4 Å². The van der Waals surface area contributed by atoms with Crippen LogP contribution in [-0.2, 0) is 9.53 Å². The van der Waals surface area contributed by atoms with Crippen molar-refractivity contribution in [3.8, 4) is 0 Å². The predicted octanol–water partition coefficient (Wildman–Crippen LogP) is 3.69. The summed E-state index contributed by atoms with van der Waals surface area (Å²) in [5, 5.41) is 7.79. The van der Waals surface area contributed by atoms with E-state index in [9.17, 15) is 14.4 Å². The second-order valence-corrected chi connectivity index (χ2v) is 7.44. The number of thiol groups is 1. The third kappa shape index (κ3) is 6.96. The van der Waals surface area contributed by atoms with Gasteiger partial charge in [-0.2, -0.15) is 0 Å². The van der Waals surface area contributed by atoms with E-state index in [1.807, 2.05) is 0 Å². The van der Waals surface area contributed by atoms with Crippen molar-refractivity contribution in [1.82, 2.24) is 5.32 Å². The van der Waals surface area contributed by atoms with Crippen molar-refractivity contribution in [1.29, 1.82) is 0 Å². The first-order valence-corrected chi connectivity index (χ1v) is 9.05. The molecule has 28 heavy (non-hydrogen) atoms. The maximum absolute atomic E-state index is 12.4. The van der Waals surface area contributed by atoms with Crippen molar-refractivity contribution in [3.05, 3.63) is 54.1 Å². The molecule has 0 heterocycles. The number of hydrogen-bond donors (Lipinski definition) is 4. The Balaban J connectivity index is 1.92. The number of anilines is 2. The molecule has 0 aliphatic rings. The molecule has 0 radical (unpaired) electrons. The standard InChI is InChI=1S/C20H23N3O4S/c1-20(2,3)27-19(26)21-12-17(24)22-13-7-6-8-14(11-13)23-18(25)15-9-4-5-10-16(15)28/h4-11,28H,12H2,1-3H3,(H,21,26)(H,22,24)(H,23,25). The molecule has 0 saturated carbocycles. The summed E-state index contributed by atoms with van der Waals surface area (Å²) in [7, 11) is 0. The summed E-state index contributed by atoms with van der Waals surface area (Å²) in [6.07, 6.45) is -0.672. The zero-order valence-electron chi connectivity index (χ0n) is 15.9. The molecule has 0 unspecified atom stereocenters. The quantitative estimate of drug-likeness (QED) is 0.575. The first kappa shape index (κ1) is 21.3. The minimum absolute atomic E-state index is 0.238. The molecule has 148 valence electrons. The van der Waals surface area contributed by atoms with Gasteiger partial charge in [0, 0.05) is 16.3 Å². The van der Waals surface area contributed by atoms with Gasteiger partial charge in [-0.25, -0.2) is 4.79 Å². The molecule has 3 N–H and O–H groups in total. The van der Waals surface area contributed by atoms with Gasteiger partial charge in [0.1, 0.15) is 12.1 Å². The molecule has 0 bridgehead atoms. The molecule has 3 amide bonds. The minimum Gasteiger partial charge on any atom is -0.444 e. The van der Waals surface area contributed by atoms with Gasteiger partial charge >= 0.3 is 6.09 Å². The molecule has 0 fully saturated rings. The second-order valence-electron chi connectivity index (χ2n) is 6.96. The molecule has 2 aromatic rings. The lowest BCUT2D eigenvalue weighted by Gasteiger charge is -2.19. The highest BCUT2D eigenvalue weighted by Crippen LogP contribution is 2.18. The number of amides is 3. The van der Waals surface area contributed by atoms with Crippen LogP contribution in [0, 0.1) is 0 Å². The first-order chi connectivity index (χ1) is 13.1. The normalized spacial score (nSPS) is 10.7. The summed E-state index contributed by atoms with van der Waals surface area (Å²) in [4.78, 5) is 36.5. The molecule has 0 aliphatic heterocycles. The fourth-order valence-electron chi connectivity index (χ4n) is 2.21. The van der Waals surface area contributed by atoms with E-state index in [0.717, 1.165) is 0 Å². The zero-order valence-corrected chi connectivity index (χ0v) is 16.8. The van der Waals surface area contributed by atoms with Crippen LogP contribution in [0.5, 0.6) is 0 Å². The van der Waals surface area contributed by atoms with Crippen LogP contribution in [0.3, 0.4) is 0 Å². The number of rotatable bonds is 5. The number of ether oxygens (including phenoxy) is 1. The van der Waals surface area contributed by atoms with Gasteiger partial charge in [-0.1, -0.05) is 18.2 Å². The van der Waals surface area contributed by atoms with Crippen molar-refractivity contribution >= 4 is 41.9 Å². The Morgan fingerprint density at radius 2 is 1.61 bits per heavy atom. The van der Waals surface area contributed by atoms with Crippen LogP contribution < -0.4 is 16.0 Å². The number of alkyl carbamates (subject to hydrolysis) is 1. The SMILES string of the molecule is CC(C)(C)OC(=O)NCC(=O)Nc1cccc(NC(=O)c2ccccc2S)c1. The zero-order chi connectivity index (χ0) is 20.7. The van der Waals surface area contributed by atoms with E-state index in [0.29, 0.717) is 21.8 Å². The monoisotopic (exact) mass is 401 g/mol. The third-order valence-corrected chi connectivity index (χ3v) is 3.74. The third-order valence-electron chi connectivity index (χ3n) is 3.35. The van der Waals surface area contributed by atoms with Crippen LogP contribution in [0.4, 0.5) is 16.2 Å². The summed E-state index contributed by atoms with van der Waals surface area (Å²) in [6.45, 7) is 4.97. The second kappa shape index (κ2) is 9.27. The Hall–Kier alpha value is -3.00. The Labute approximate surface area is 169 Å². The molecule has 7 nitrogen and oxygen atoms in total. The van der Waals surface area contributed by atoms with E-state index in [-0.39, 0.29) is 12.5 Å². The van der Waals surface area contributed by atoms with E-state index >= 15 is 0 Å². The van der Waals surface area contributed by atoms with Crippen LogP contribution in [0.25, 0.3) is 0 Å². The Bertz CT molecular complexity index is 878. The van der Waals surface area contributed by atoms with Crippen molar-refractivity contribution in [2.24, 2.45) is 0 Å². The van der Waals surface area contributed by atoms with Crippen LogP contribution in [0.1, 0.15) is 31.1 Å². The molecule has 0 saturated heterocycles. The fourth-order valence-corrected chi connectivity index (χ4v) is 2.47. The topological polar surface area (TPSA) is 96.5 Å². The number of nitrogens with one attached hydrogen (secondary N) is 3. The lowest BCUT2D eigenvalue weighted by Crippen LogP contribution is -2.37. The molecule has 0 atom stereocenters. The maximum atomic E-state index is 12.4. The van der Waals surface area contributed by atoms with Crippen molar-refractivity contribution in [3.63, 3.8) is 0 Å². The van der Waals surface area contributed by atoms with E-state index < -0.39 is 17.6 Å². The summed E-state index contributed by atoms with van der Waals surface area (Å²) >= 11 is 4.27. The van der Waals surface area contributed by atoms with E-state index in [2.05, 4.69) is 28.6 Å². The molecule has 0 aromatic heterocycles. The number of carbonyl (C=O) groups is 3. The highest BCUT2D eigenvalue weighted by Gasteiger charge is 2.16. The molecule has 0 spiro atoms. The van der Waals surface area contributed by atoms with Crippen molar-refractivity contribution in [2.75, 3.05) is 17.2 Å². The molecule has 2 aromatic carbocycles. The smallest absolute Gasteiger partial charge is 0.408 e. The fraction of sp³-hybridized carbons (Fsp3) is 0.250. The molecule has 8 heteroatoms. The highest BCUT2D eigenvalue weighted by molar-refractivity contribution is 7.80. The van der Waals surface area contributed by atoms with Crippen LogP contribution in [0.2, 0.25) is 0 Å². The largest absolute Gasteiger partial charge is 0.444 e. The van der Waals surface area contributed by atoms with Crippen molar-refractivity contribution < 1.29 is 19.1 Å². The molecule has 0 aliphatic carbocycles. The summed E-state index contributed by atoms with van der Waals surface area (Å²) in [5.41, 5.74) is 0.799. The van der Waals surface area contributed by atoms with Gasteiger partial charge in [-0.3, -0.25) is 9.59 Å². The number of hydrogen-bond acceptors (Lipinski definition) is 5. The Morgan fingerprint density at radius 1 is 0.964 bits per heavy atom. The lowest BCUT2D eigenvalue weighted by molar-refractivity contribution is -0.115. The van der Waals surface area contributed by atoms with Gasteiger partial charge in [0.05, 0.1) is 5.56 Å². The van der Waals surface area contributed by atoms with Gasteiger partial charge < -0.3 is 20.7 Å². The number of benzene rings is 2. The van der Waals surface area contributed by atoms with Crippen LogP contribution >= 0.6 is 12.6 Å². The summed E-state index contributed by atoms with van der Waals surface area (Å²) < 4.78 is 5.07. The molecular formula is C20H23N3O4S. The predicted molar refractivity (Wildman–Crippen MR) is 111 cm³/mol. The van der Waals surface area contributed by atoms with Gasteiger partial charge in [-0.15, -0.1) is 12.6 Å². The molecule has 2 rings (SSSR count). The summed E-state index contributed by atoms with van der Waals surface area (Å²) in [6, 6.07) is 13.6. The summed E-state index contributed by atoms with van der Waals surface area (Å²) in [5.74, 6) is -0.726. The first-order valence-electron chi connectivity index (χ1n) is 8.60. The minimum atomic E-state index is -0.672. The van der Waals surface area contributed by atoms with Crippen LogP contribution in [-0.4, -0.2) is 30.1 Å². The molecular weight excluding hydrogens is 378 g/mol. The van der Waals surface area contributed by atoms with Crippen molar-refractivity contribution in [2.45, 2.75) is 31.3 Å². The van der Waals surface area contributed by atoms with Gasteiger partial charge in [0.15, 0.2) is 0 Å². The van der Waals surface area contributed by atoms with Gasteiger partial charge in [0.2, 0.25) is 5.91 Å². The van der Waals surface area contributed by atoms with E-state index in [1.165, 1.54) is 0 Å². The van der Waals surface area contributed by atoms with Gasteiger partial charge in [0.25, 0.3) is 5.91 Å². The average molecular weight is 401 g/mol. The maximum Gasteiger partial charge on any atom is 0.408 e. The van der Waals surface area contributed by atoms with Gasteiger partial charge in [-0.05, 0) is 51.1 Å².